The average Bonchev–Trinajstić information content (AvgIpc) is 2.94. The fourth-order valence-corrected chi connectivity index (χ4v) is 5.48. The number of carbonyl (C=O) groups excluding carboxylic acids is 2. The molecule has 0 fully saturated rings. The van der Waals surface area contributed by atoms with Gasteiger partial charge in [0.2, 0.25) is 11.8 Å². The third-order valence-electron chi connectivity index (χ3n) is 6.21. The van der Waals surface area contributed by atoms with Crippen molar-refractivity contribution in [3.8, 4) is 11.5 Å². The number of fused-ring (bicyclic) bond motifs is 1. The molecule has 1 aliphatic heterocycles. The molecule has 0 saturated carbocycles. The number of sulfonamides is 1. The zero-order valence-corrected chi connectivity index (χ0v) is 22.1. The maximum absolute atomic E-state index is 14.5. The highest BCUT2D eigenvalue weighted by Gasteiger charge is 2.33. The maximum atomic E-state index is 14.5. The van der Waals surface area contributed by atoms with E-state index in [9.17, 15) is 26.8 Å². The molecule has 0 spiro atoms. The Hall–Kier alpha value is -4.19. The van der Waals surface area contributed by atoms with Crippen LogP contribution in [0, 0.1) is 11.6 Å². The van der Waals surface area contributed by atoms with Gasteiger partial charge in [-0.2, -0.15) is 0 Å². The van der Waals surface area contributed by atoms with E-state index >= 15 is 0 Å². The zero-order valence-electron chi connectivity index (χ0n) is 21.3. The third kappa shape index (κ3) is 6.11. The molecule has 1 heterocycles. The molecule has 0 aliphatic carbocycles. The van der Waals surface area contributed by atoms with Crippen LogP contribution in [0.2, 0.25) is 0 Å². The molecule has 2 amide bonds. The van der Waals surface area contributed by atoms with E-state index < -0.39 is 46.1 Å². The summed E-state index contributed by atoms with van der Waals surface area (Å²) in [6.45, 7) is 0.963. The Morgan fingerprint density at radius 3 is 2.31 bits per heavy atom. The van der Waals surface area contributed by atoms with E-state index in [4.69, 9.17) is 9.47 Å². The van der Waals surface area contributed by atoms with E-state index in [1.807, 2.05) is 0 Å². The predicted octanol–water partition coefficient (Wildman–Crippen LogP) is 3.09. The SMILES string of the molecule is CNC(=O)C(C)N(Cc1ccccc1F)C(=O)CN(c1ccc(F)cc1)S(=O)(=O)c1ccc2c(c1)OCCO2. The summed E-state index contributed by atoms with van der Waals surface area (Å²) in [4.78, 5) is 27.1. The topological polar surface area (TPSA) is 105 Å². The summed E-state index contributed by atoms with van der Waals surface area (Å²) >= 11 is 0. The molecule has 39 heavy (non-hydrogen) atoms. The molecule has 4 rings (SSSR count). The standard InChI is InChI=1S/C27H27F2N3O6S/c1-18(27(34)30-2)31(16-19-5-3-4-6-23(19)29)26(33)17-32(21-9-7-20(28)8-10-21)39(35,36)22-11-12-24-25(15-22)38-14-13-37-24/h3-12,15,18H,13-14,16-17H2,1-2H3,(H,30,34). The van der Waals surface area contributed by atoms with Crippen molar-refractivity contribution in [3.05, 3.63) is 83.9 Å². The summed E-state index contributed by atoms with van der Waals surface area (Å²) in [5.41, 5.74) is 0.155. The van der Waals surface area contributed by atoms with Gasteiger partial charge in [0.1, 0.15) is 37.4 Å². The quantitative estimate of drug-likeness (QED) is 0.432. The lowest BCUT2D eigenvalue weighted by atomic mass is 10.1. The van der Waals surface area contributed by atoms with Crippen molar-refractivity contribution >= 4 is 27.5 Å². The molecule has 206 valence electrons. The molecule has 3 aromatic carbocycles. The van der Waals surface area contributed by atoms with Gasteiger partial charge in [-0.15, -0.1) is 0 Å². The highest BCUT2D eigenvalue weighted by Crippen LogP contribution is 2.34. The van der Waals surface area contributed by atoms with Gasteiger partial charge in [-0.25, -0.2) is 17.2 Å². The molecule has 0 radical (unpaired) electrons. The Balaban J connectivity index is 1.73. The molecule has 1 atom stereocenters. The Morgan fingerprint density at radius 1 is 0.974 bits per heavy atom. The number of hydrogen-bond donors (Lipinski definition) is 1. The van der Waals surface area contributed by atoms with Gasteiger partial charge in [-0.1, -0.05) is 18.2 Å². The smallest absolute Gasteiger partial charge is 0.264 e. The molecule has 0 saturated heterocycles. The minimum atomic E-state index is -4.41. The first-order valence-electron chi connectivity index (χ1n) is 12.0. The largest absolute Gasteiger partial charge is 0.486 e. The van der Waals surface area contributed by atoms with Crippen LogP contribution in [0.5, 0.6) is 11.5 Å². The van der Waals surface area contributed by atoms with Crippen LogP contribution in [0.15, 0.2) is 71.6 Å². The average molecular weight is 560 g/mol. The van der Waals surface area contributed by atoms with E-state index in [0.29, 0.717) is 12.4 Å². The van der Waals surface area contributed by atoms with E-state index in [2.05, 4.69) is 5.32 Å². The molecule has 12 heteroatoms. The number of nitrogens with one attached hydrogen (secondary N) is 1. The van der Waals surface area contributed by atoms with Crippen LogP contribution >= 0.6 is 0 Å². The fraction of sp³-hybridized carbons (Fsp3) is 0.259. The molecule has 1 aliphatic rings. The normalized spacial score (nSPS) is 13.3. The maximum Gasteiger partial charge on any atom is 0.264 e. The minimum Gasteiger partial charge on any atom is -0.486 e. The lowest BCUT2D eigenvalue weighted by Crippen LogP contribution is -2.50. The molecule has 1 unspecified atom stereocenters. The van der Waals surface area contributed by atoms with Crippen LogP contribution in [0.1, 0.15) is 12.5 Å². The highest BCUT2D eigenvalue weighted by atomic mass is 32.2. The van der Waals surface area contributed by atoms with Crippen molar-refractivity contribution in [3.63, 3.8) is 0 Å². The van der Waals surface area contributed by atoms with Crippen molar-refractivity contribution in [2.75, 3.05) is 31.1 Å². The fourth-order valence-electron chi connectivity index (χ4n) is 4.05. The summed E-state index contributed by atoms with van der Waals surface area (Å²) in [5, 5.41) is 2.45. The van der Waals surface area contributed by atoms with E-state index in [1.165, 1.54) is 62.5 Å². The first-order valence-corrected chi connectivity index (χ1v) is 13.5. The monoisotopic (exact) mass is 559 g/mol. The second-order valence-electron chi connectivity index (χ2n) is 8.70. The number of benzene rings is 3. The van der Waals surface area contributed by atoms with Crippen molar-refractivity contribution in [2.45, 2.75) is 24.4 Å². The molecule has 1 N–H and O–H groups in total. The number of nitrogens with zero attached hydrogens (tertiary/aromatic N) is 2. The number of likely N-dealkylation sites (N-methyl/N-ethyl adjacent to an activating group) is 1. The van der Waals surface area contributed by atoms with Crippen molar-refractivity contribution in [1.29, 1.82) is 0 Å². The summed E-state index contributed by atoms with van der Waals surface area (Å²) in [5.74, 6) is -1.89. The first-order chi connectivity index (χ1) is 18.6. The van der Waals surface area contributed by atoms with Gasteiger partial charge in [0.15, 0.2) is 11.5 Å². The van der Waals surface area contributed by atoms with Crippen molar-refractivity contribution in [1.82, 2.24) is 10.2 Å². The number of hydrogen-bond acceptors (Lipinski definition) is 6. The number of carbonyl (C=O) groups is 2. The van der Waals surface area contributed by atoms with Crippen LogP contribution < -0.4 is 19.1 Å². The molecular formula is C27H27F2N3O6S. The lowest BCUT2D eigenvalue weighted by molar-refractivity contribution is -0.139. The molecule has 3 aromatic rings. The number of rotatable bonds is 9. The van der Waals surface area contributed by atoms with Gasteiger partial charge < -0.3 is 19.7 Å². The van der Waals surface area contributed by atoms with Crippen molar-refractivity contribution in [2.24, 2.45) is 0 Å². The predicted molar refractivity (Wildman–Crippen MR) is 139 cm³/mol. The Kier molecular flexibility index (Phi) is 8.34. The molecule has 0 bridgehead atoms. The van der Waals surface area contributed by atoms with Crippen LogP contribution in [-0.2, 0) is 26.2 Å². The van der Waals surface area contributed by atoms with E-state index in [-0.39, 0.29) is 35.0 Å². The highest BCUT2D eigenvalue weighted by molar-refractivity contribution is 7.92. The molecular weight excluding hydrogens is 532 g/mol. The second kappa shape index (κ2) is 11.7. The van der Waals surface area contributed by atoms with Gasteiger partial charge in [-0.05, 0) is 49.4 Å². The van der Waals surface area contributed by atoms with Gasteiger partial charge in [0.05, 0.1) is 10.6 Å². The summed E-state index contributed by atoms with van der Waals surface area (Å²) < 4.78 is 67.7. The molecule has 0 aromatic heterocycles. The van der Waals surface area contributed by atoms with Gasteiger partial charge in [0.25, 0.3) is 10.0 Å². The third-order valence-corrected chi connectivity index (χ3v) is 7.98. The van der Waals surface area contributed by atoms with Gasteiger partial charge in [-0.3, -0.25) is 13.9 Å². The Morgan fingerprint density at radius 2 is 1.64 bits per heavy atom. The first kappa shape index (κ1) is 27.8. The van der Waals surface area contributed by atoms with Crippen LogP contribution in [0.25, 0.3) is 0 Å². The number of anilines is 1. The van der Waals surface area contributed by atoms with E-state index in [1.54, 1.807) is 6.07 Å². The number of halogens is 2. The van der Waals surface area contributed by atoms with E-state index in [0.717, 1.165) is 21.3 Å². The molecule has 9 nitrogen and oxygen atoms in total. The number of amides is 2. The second-order valence-corrected chi connectivity index (χ2v) is 10.6. The summed E-state index contributed by atoms with van der Waals surface area (Å²) in [6.07, 6.45) is 0. The Bertz CT molecular complexity index is 1470. The van der Waals surface area contributed by atoms with Crippen molar-refractivity contribution < 1.29 is 36.3 Å². The Labute approximate surface area is 225 Å². The summed E-state index contributed by atoms with van der Waals surface area (Å²) in [7, 11) is -3.02. The lowest BCUT2D eigenvalue weighted by Gasteiger charge is -2.32. The number of ether oxygens (including phenoxy) is 2. The van der Waals surface area contributed by atoms with Crippen LogP contribution in [0.4, 0.5) is 14.5 Å². The zero-order chi connectivity index (χ0) is 28.2. The van der Waals surface area contributed by atoms with Crippen LogP contribution in [0.3, 0.4) is 0 Å². The summed E-state index contributed by atoms with van der Waals surface area (Å²) in [6, 6.07) is 13.3. The minimum absolute atomic E-state index is 0.0121. The van der Waals surface area contributed by atoms with Gasteiger partial charge >= 0.3 is 0 Å². The van der Waals surface area contributed by atoms with Gasteiger partial charge in [0, 0.05) is 25.2 Å². The van der Waals surface area contributed by atoms with Crippen LogP contribution in [-0.4, -0.2) is 58.0 Å².